The second-order valence-electron chi connectivity index (χ2n) is 5.96. The molecule has 4 heteroatoms. The lowest BCUT2D eigenvalue weighted by Crippen LogP contribution is -2.42. The number of anilines is 1. The zero-order valence-corrected chi connectivity index (χ0v) is 13.1. The van der Waals surface area contributed by atoms with Gasteiger partial charge in [0.05, 0.1) is 0 Å². The molecule has 0 unspecified atom stereocenters. The van der Waals surface area contributed by atoms with Crippen molar-refractivity contribution in [1.82, 2.24) is 9.88 Å². The fraction of sp³-hybridized carbons (Fsp3) is 0.688. The molecule has 2 N–H and O–H groups in total. The Kier molecular flexibility index (Phi) is 5.38. The number of nitrogens with zero attached hydrogens (tertiary/aromatic N) is 3. The molecule has 0 aromatic carbocycles. The maximum Gasteiger partial charge on any atom is 0.129 e. The minimum Gasteiger partial charge on any atom is -0.356 e. The largest absolute Gasteiger partial charge is 0.356 e. The summed E-state index contributed by atoms with van der Waals surface area (Å²) in [5, 5.41) is 0. The van der Waals surface area contributed by atoms with Crippen LogP contribution in [-0.4, -0.2) is 43.1 Å². The van der Waals surface area contributed by atoms with Gasteiger partial charge in [0.15, 0.2) is 0 Å². The van der Waals surface area contributed by atoms with Crippen molar-refractivity contribution >= 4 is 5.82 Å². The molecule has 20 heavy (non-hydrogen) atoms. The van der Waals surface area contributed by atoms with Crippen molar-refractivity contribution in [1.29, 1.82) is 0 Å². The van der Waals surface area contributed by atoms with Crippen LogP contribution in [0, 0.1) is 0 Å². The van der Waals surface area contributed by atoms with Crippen molar-refractivity contribution < 1.29 is 0 Å². The monoisotopic (exact) mass is 276 g/mol. The van der Waals surface area contributed by atoms with Crippen molar-refractivity contribution in [3.05, 3.63) is 23.4 Å². The van der Waals surface area contributed by atoms with E-state index >= 15 is 0 Å². The van der Waals surface area contributed by atoms with Crippen LogP contribution in [0.4, 0.5) is 5.82 Å². The molecule has 1 aliphatic rings. The Morgan fingerprint density at radius 1 is 1.30 bits per heavy atom. The van der Waals surface area contributed by atoms with Gasteiger partial charge in [-0.05, 0) is 51.1 Å². The highest BCUT2D eigenvalue weighted by atomic mass is 15.2. The summed E-state index contributed by atoms with van der Waals surface area (Å²) >= 11 is 0. The van der Waals surface area contributed by atoms with E-state index in [4.69, 9.17) is 10.7 Å². The summed E-state index contributed by atoms with van der Waals surface area (Å²) in [6.07, 6.45) is 4.59. The van der Waals surface area contributed by atoms with Gasteiger partial charge in [-0.3, -0.25) is 0 Å². The Morgan fingerprint density at radius 2 is 2.00 bits per heavy atom. The minimum absolute atomic E-state index is 0.598. The van der Waals surface area contributed by atoms with Gasteiger partial charge in [0.1, 0.15) is 5.82 Å². The highest BCUT2D eigenvalue weighted by Crippen LogP contribution is 2.22. The third-order valence-corrected chi connectivity index (χ3v) is 4.19. The molecule has 1 aliphatic heterocycles. The number of piperidine rings is 1. The van der Waals surface area contributed by atoms with Gasteiger partial charge in [-0.2, -0.15) is 0 Å². The van der Waals surface area contributed by atoms with Crippen LogP contribution in [-0.2, 0) is 13.0 Å². The predicted molar refractivity (Wildman–Crippen MR) is 85.0 cm³/mol. The molecule has 0 atom stereocenters. The fourth-order valence-corrected chi connectivity index (χ4v) is 2.91. The molecule has 0 saturated carbocycles. The fourth-order valence-electron chi connectivity index (χ4n) is 2.91. The smallest absolute Gasteiger partial charge is 0.129 e. The maximum absolute atomic E-state index is 5.82. The van der Waals surface area contributed by atoms with E-state index in [-0.39, 0.29) is 0 Å². The summed E-state index contributed by atoms with van der Waals surface area (Å²) < 4.78 is 0. The lowest BCUT2D eigenvalue weighted by atomic mass is 10.0. The average molecular weight is 276 g/mol. The molecule has 2 heterocycles. The van der Waals surface area contributed by atoms with Gasteiger partial charge in [0.25, 0.3) is 0 Å². The number of hydrogen-bond acceptors (Lipinski definition) is 4. The minimum atomic E-state index is 0.598. The highest BCUT2D eigenvalue weighted by Gasteiger charge is 2.21. The van der Waals surface area contributed by atoms with E-state index in [2.05, 4.69) is 43.0 Å². The lowest BCUT2D eigenvalue weighted by molar-refractivity contribution is 0.249. The van der Waals surface area contributed by atoms with Crippen molar-refractivity contribution in [3.63, 3.8) is 0 Å². The Bertz CT molecular complexity index is 422. The van der Waals surface area contributed by atoms with Gasteiger partial charge in [-0.1, -0.05) is 13.3 Å². The van der Waals surface area contributed by atoms with Gasteiger partial charge in [-0.15, -0.1) is 0 Å². The van der Waals surface area contributed by atoms with E-state index in [1.165, 1.54) is 24.1 Å². The molecule has 1 aromatic heterocycles. The van der Waals surface area contributed by atoms with Crippen molar-refractivity contribution in [2.75, 3.05) is 32.1 Å². The molecule has 4 nitrogen and oxygen atoms in total. The van der Waals surface area contributed by atoms with E-state index in [9.17, 15) is 0 Å². The standard InChI is InChI=1S/C16H28N4/c1-4-5-14-10-13(12-17)11-16(18-14)20-8-6-15(7-9-20)19(2)3/h10-11,15H,4-9,12,17H2,1-3H3. The van der Waals surface area contributed by atoms with Crippen molar-refractivity contribution in [3.8, 4) is 0 Å². The first kappa shape index (κ1) is 15.3. The van der Waals surface area contributed by atoms with Gasteiger partial charge in [0, 0.05) is 31.4 Å². The van der Waals surface area contributed by atoms with E-state index in [0.29, 0.717) is 12.6 Å². The summed E-state index contributed by atoms with van der Waals surface area (Å²) in [7, 11) is 4.35. The van der Waals surface area contributed by atoms with Crippen LogP contribution >= 0.6 is 0 Å². The SMILES string of the molecule is CCCc1cc(CN)cc(N2CCC(N(C)C)CC2)n1. The van der Waals surface area contributed by atoms with E-state index < -0.39 is 0 Å². The number of nitrogens with two attached hydrogens (primary N) is 1. The molecule has 2 rings (SSSR count). The molecule has 0 aliphatic carbocycles. The number of rotatable bonds is 5. The van der Waals surface area contributed by atoms with Crippen LogP contribution in [0.2, 0.25) is 0 Å². The van der Waals surface area contributed by atoms with Crippen LogP contribution in [0.25, 0.3) is 0 Å². The third kappa shape index (κ3) is 3.70. The zero-order chi connectivity index (χ0) is 14.5. The number of pyridine rings is 1. The molecule has 112 valence electrons. The zero-order valence-electron chi connectivity index (χ0n) is 13.1. The van der Waals surface area contributed by atoms with Crippen LogP contribution in [0.5, 0.6) is 0 Å². The van der Waals surface area contributed by atoms with E-state index in [1.807, 2.05) is 0 Å². The van der Waals surface area contributed by atoms with Gasteiger partial charge in [0.2, 0.25) is 0 Å². The summed E-state index contributed by atoms with van der Waals surface area (Å²) in [5.41, 5.74) is 8.20. The van der Waals surface area contributed by atoms with Crippen LogP contribution in [0.3, 0.4) is 0 Å². The number of hydrogen-bond donors (Lipinski definition) is 1. The maximum atomic E-state index is 5.82. The first-order chi connectivity index (χ1) is 9.63. The summed E-state index contributed by atoms with van der Waals surface area (Å²) in [4.78, 5) is 9.57. The Labute approximate surface area is 123 Å². The van der Waals surface area contributed by atoms with Crippen LogP contribution < -0.4 is 10.6 Å². The summed E-state index contributed by atoms with van der Waals surface area (Å²) in [6, 6.07) is 5.02. The van der Waals surface area contributed by atoms with Gasteiger partial charge >= 0.3 is 0 Å². The van der Waals surface area contributed by atoms with Crippen LogP contribution in [0.15, 0.2) is 12.1 Å². The summed E-state index contributed by atoms with van der Waals surface area (Å²) in [5.74, 6) is 1.12. The molecule has 1 aromatic rings. The molecule has 0 amide bonds. The normalized spacial score (nSPS) is 16.9. The second kappa shape index (κ2) is 7.04. The molecular formula is C16H28N4. The molecule has 0 radical (unpaired) electrons. The quantitative estimate of drug-likeness (QED) is 0.894. The molecule has 1 saturated heterocycles. The molecule has 0 bridgehead atoms. The first-order valence-corrected chi connectivity index (χ1v) is 7.75. The lowest BCUT2D eigenvalue weighted by Gasteiger charge is -2.36. The van der Waals surface area contributed by atoms with Crippen molar-refractivity contribution in [2.45, 2.75) is 45.2 Å². The predicted octanol–water partition coefficient (Wildman–Crippen LogP) is 2.02. The Morgan fingerprint density at radius 3 is 2.55 bits per heavy atom. The van der Waals surface area contributed by atoms with Gasteiger partial charge < -0.3 is 15.5 Å². The van der Waals surface area contributed by atoms with Gasteiger partial charge in [-0.25, -0.2) is 4.98 Å². The van der Waals surface area contributed by atoms with Crippen molar-refractivity contribution in [2.24, 2.45) is 5.73 Å². The Balaban J connectivity index is 2.10. The van der Waals surface area contributed by atoms with E-state index in [0.717, 1.165) is 31.7 Å². The highest BCUT2D eigenvalue weighted by molar-refractivity contribution is 5.43. The third-order valence-electron chi connectivity index (χ3n) is 4.19. The molecular weight excluding hydrogens is 248 g/mol. The molecule has 1 fully saturated rings. The number of aromatic nitrogens is 1. The Hall–Kier alpha value is -1.13. The second-order valence-corrected chi connectivity index (χ2v) is 5.96. The first-order valence-electron chi connectivity index (χ1n) is 7.75. The summed E-state index contributed by atoms with van der Waals surface area (Å²) in [6.45, 7) is 4.98. The number of aryl methyl sites for hydroxylation is 1. The van der Waals surface area contributed by atoms with Crippen LogP contribution in [0.1, 0.15) is 37.4 Å². The molecule has 0 spiro atoms. The van der Waals surface area contributed by atoms with E-state index in [1.54, 1.807) is 0 Å². The topological polar surface area (TPSA) is 45.4 Å². The average Bonchev–Trinajstić information content (AvgIpc) is 2.47.